The number of carbonyl (C=O) groups is 2. The first-order chi connectivity index (χ1) is 9.13. The van der Waals surface area contributed by atoms with Crippen molar-refractivity contribution in [2.75, 3.05) is 6.54 Å². The lowest BCUT2D eigenvalue weighted by molar-refractivity contribution is -0.141. The molecule has 0 aliphatic carbocycles. The summed E-state index contributed by atoms with van der Waals surface area (Å²) in [5.74, 6) is -1.84. The van der Waals surface area contributed by atoms with Crippen LogP contribution >= 0.6 is 0 Å². The van der Waals surface area contributed by atoms with Gasteiger partial charge in [0.25, 0.3) is 5.91 Å². The molecular formula is C12H14N4O3. The van der Waals surface area contributed by atoms with E-state index >= 15 is 0 Å². The predicted molar refractivity (Wildman–Crippen MR) is 66.7 cm³/mol. The molecule has 2 rings (SSSR count). The summed E-state index contributed by atoms with van der Waals surface area (Å²) in [6.45, 7) is 1.87. The van der Waals surface area contributed by atoms with Crippen molar-refractivity contribution in [1.82, 2.24) is 19.9 Å². The third-order valence-corrected chi connectivity index (χ3v) is 2.92. The van der Waals surface area contributed by atoms with Crippen molar-refractivity contribution < 1.29 is 14.7 Å². The second kappa shape index (κ2) is 5.47. The highest BCUT2D eigenvalue weighted by atomic mass is 16.4. The minimum absolute atomic E-state index is 0.0995. The number of aliphatic carboxylic acids is 1. The van der Waals surface area contributed by atoms with Crippen molar-refractivity contribution in [1.29, 1.82) is 0 Å². The van der Waals surface area contributed by atoms with Crippen LogP contribution in [0.25, 0.3) is 5.52 Å². The third kappa shape index (κ3) is 2.70. The van der Waals surface area contributed by atoms with Gasteiger partial charge in [0, 0.05) is 18.9 Å². The molecule has 0 saturated carbocycles. The molecule has 0 bridgehead atoms. The van der Waals surface area contributed by atoms with E-state index in [0.717, 1.165) is 0 Å². The van der Waals surface area contributed by atoms with E-state index in [9.17, 15) is 9.59 Å². The van der Waals surface area contributed by atoms with Crippen LogP contribution in [0, 0.1) is 5.92 Å². The van der Waals surface area contributed by atoms with Crippen LogP contribution in [-0.2, 0) is 4.79 Å². The van der Waals surface area contributed by atoms with Gasteiger partial charge in [0.2, 0.25) is 0 Å². The van der Waals surface area contributed by atoms with Gasteiger partial charge in [-0.05, 0) is 6.42 Å². The van der Waals surface area contributed by atoms with Gasteiger partial charge in [0.15, 0.2) is 0 Å². The molecule has 2 aromatic rings. The zero-order chi connectivity index (χ0) is 13.8. The zero-order valence-electron chi connectivity index (χ0n) is 10.4. The van der Waals surface area contributed by atoms with E-state index in [4.69, 9.17) is 5.11 Å². The number of aromatic nitrogens is 3. The first kappa shape index (κ1) is 13.0. The lowest BCUT2D eigenvalue weighted by Crippen LogP contribution is -2.32. The van der Waals surface area contributed by atoms with E-state index in [1.165, 1.54) is 16.9 Å². The van der Waals surface area contributed by atoms with Crippen molar-refractivity contribution in [3.05, 3.63) is 30.4 Å². The second-order valence-electron chi connectivity index (χ2n) is 4.12. The standard InChI is InChI=1S/C12H14N4O3/c1-2-8(12(18)19)5-14-11(17)9-6-15-16-4-3-13-7-10(9)16/h3-4,6-8H,2,5H2,1H3,(H,14,17)(H,18,19). The molecule has 100 valence electrons. The zero-order valence-corrected chi connectivity index (χ0v) is 10.4. The quantitative estimate of drug-likeness (QED) is 0.821. The summed E-state index contributed by atoms with van der Waals surface area (Å²) in [7, 11) is 0. The van der Waals surface area contributed by atoms with Gasteiger partial charge in [-0.1, -0.05) is 6.92 Å². The van der Waals surface area contributed by atoms with E-state index in [0.29, 0.717) is 17.5 Å². The number of nitrogens with one attached hydrogen (secondary N) is 1. The minimum atomic E-state index is -0.913. The maximum absolute atomic E-state index is 12.0. The average Bonchev–Trinajstić information content (AvgIpc) is 2.82. The number of carbonyl (C=O) groups excluding carboxylic acids is 1. The molecule has 0 spiro atoms. The second-order valence-corrected chi connectivity index (χ2v) is 4.12. The first-order valence-electron chi connectivity index (χ1n) is 5.91. The Morgan fingerprint density at radius 1 is 1.47 bits per heavy atom. The molecule has 0 aromatic carbocycles. The van der Waals surface area contributed by atoms with E-state index < -0.39 is 11.9 Å². The molecule has 1 unspecified atom stereocenters. The summed E-state index contributed by atoms with van der Waals surface area (Å²) in [6, 6.07) is 0. The molecule has 1 atom stereocenters. The third-order valence-electron chi connectivity index (χ3n) is 2.92. The highest BCUT2D eigenvalue weighted by Gasteiger charge is 2.18. The lowest BCUT2D eigenvalue weighted by atomic mass is 10.1. The van der Waals surface area contributed by atoms with Gasteiger partial charge in [-0.3, -0.25) is 14.6 Å². The molecule has 7 heteroatoms. The number of nitrogens with zero attached hydrogens (tertiary/aromatic N) is 3. The van der Waals surface area contributed by atoms with Crippen molar-refractivity contribution >= 4 is 17.4 Å². The van der Waals surface area contributed by atoms with Crippen LogP contribution in [0.5, 0.6) is 0 Å². The molecule has 0 radical (unpaired) electrons. The van der Waals surface area contributed by atoms with Gasteiger partial charge in [0.05, 0.1) is 29.4 Å². The topological polar surface area (TPSA) is 96.6 Å². The molecule has 0 fully saturated rings. The van der Waals surface area contributed by atoms with Crippen molar-refractivity contribution in [2.45, 2.75) is 13.3 Å². The monoisotopic (exact) mass is 262 g/mol. The molecule has 2 N–H and O–H groups in total. The number of carboxylic acid groups (broad SMARTS) is 1. The smallest absolute Gasteiger partial charge is 0.308 e. The maximum Gasteiger partial charge on any atom is 0.308 e. The van der Waals surface area contributed by atoms with Crippen molar-refractivity contribution in [3.8, 4) is 0 Å². The number of hydrogen-bond donors (Lipinski definition) is 2. The summed E-state index contributed by atoms with van der Waals surface area (Å²) in [4.78, 5) is 26.8. The largest absolute Gasteiger partial charge is 0.481 e. The Morgan fingerprint density at radius 3 is 2.95 bits per heavy atom. The highest BCUT2D eigenvalue weighted by Crippen LogP contribution is 2.09. The van der Waals surface area contributed by atoms with Crippen LogP contribution in [0.1, 0.15) is 23.7 Å². The molecule has 2 aromatic heterocycles. The SMILES string of the molecule is CCC(CNC(=O)c1cnn2ccncc12)C(=O)O. The minimum Gasteiger partial charge on any atom is -0.481 e. The predicted octanol–water partition coefficient (Wildman–Crippen LogP) is 0.570. The Morgan fingerprint density at radius 2 is 2.26 bits per heavy atom. The Bertz CT molecular complexity index is 608. The fourth-order valence-electron chi connectivity index (χ4n) is 1.73. The molecule has 1 amide bonds. The summed E-state index contributed by atoms with van der Waals surface area (Å²) in [6.07, 6.45) is 6.65. The van der Waals surface area contributed by atoms with E-state index in [1.54, 1.807) is 19.3 Å². The Hall–Kier alpha value is -2.44. The normalized spacial score (nSPS) is 12.3. The molecular weight excluding hydrogens is 248 g/mol. The Balaban J connectivity index is 2.10. The summed E-state index contributed by atoms with van der Waals surface area (Å²) >= 11 is 0. The number of amides is 1. The van der Waals surface area contributed by atoms with Crippen LogP contribution in [0.4, 0.5) is 0 Å². The number of rotatable bonds is 5. The van der Waals surface area contributed by atoms with Gasteiger partial charge in [-0.15, -0.1) is 0 Å². The molecule has 0 saturated heterocycles. The van der Waals surface area contributed by atoms with Crippen LogP contribution < -0.4 is 5.32 Å². The number of hydrogen-bond acceptors (Lipinski definition) is 4. The van der Waals surface area contributed by atoms with Crippen molar-refractivity contribution in [3.63, 3.8) is 0 Å². The summed E-state index contributed by atoms with van der Waals surface area (Å²) in [5.41, 5.74) is 0.969. The number of carboxylic acids is 1. The van der Waals surface area contributed by atoms with Crippen LogP contribution in [0.3, 0.4) is 0 Å². The van der Waals surface area contributed by atoms with Crippen LogP contribution in [0.15, 0.2) is 24.8 Å². The van der Waals surface area contributed by atoms with Gasteiger partial charge in [0.1, 0.15) is 0 Å². The first-order valence-corrected chi connectivity index (χ1v) is 5.91. The summed E-state index contributed by atoms with van der Waals surface area (Å²) < 4.78 is 1.54. The van der Waals surface area contributed by atoms with E-state index in [-0.39, 0.29) is 12.5 Å². The molecule has 19 heavy (non-hydrogen) atoms. The van der Waals surface area contributed by atoms with E-state index in [1.807, 2.05) is 0 Å². The molecule has 2 heterocycles. The van der Waals surface area contributed by atoms with E-state index in [2.05, 4.69) is 15.4 Å². The fraction of sp³-hybridized carbons (Fsp3) is 0.333. The highest BCUT2D eigenvalue weighted by molar-refractivity contribution is 6.00. The lowest BCUT2D eigenvalue weighted by Gasteiger charge is -2.10. The number of fused-ring (bicyclic) bond motifs is 1. The van der Waals surface area contributed by atoms with Crippen molar-refractivity contribution in [2.24, 2.45) is 5.92 Å². The van der Waals surface area contributed by atoms with Crippen LogP contribution in [0.2, 0.25) is 0 Å². The van der Waals surface area contributed by atoms with Gasteiger partial charge >= 0.3 is 5.97 Å². The average molecular weight is 262 g/mol. The van der Waals surface area contributed by atoms with Gasteiger partial charge in [-0.25, -0.2) is 4.52 Å². The Labute approximate surface area is 109 Å². The Kier molecular flexibility index (Phi) is 3.74. The maximum atomic E-state index is 12.0. The van der Waals surface area contributed by atoms with Gasteiger partial charge in [-0.2, -0.15) is 5.10 Å². The van der Waals surface area contributed by atoms with Crippen LogP contribution in [-0.4, -0.2) is 38.1 Å². The van der Waals surface area contributed by atoms with Gasteiger partial charge < -0.3 is 10.4 Å². The molecule has 7 nitrogen and oxygen atoms in total. The summed E-state index contributed by atoms with van der Waals surface area (Å²) in [5, 5.41) is 15.5. The molecule has 0 aliphatic rings. The fourth-order valence-corrected chi connectivity index (χ4v) is 1.73. The molecule has 0 aliphatic heterocycles.